The largest absolute Gasteiger partial charge is 0.497 e. The molecule has 0 heterocycles. The molecule has 2 heteroatoms. The number of alkyl halides is 1. The number of halogens is 1. The van der Waals surface area contributed by atoms with Gasteiger partial charge in [0.25, 0.3) is 0 Å². The quantitative estimate of drug-likeness (QED) is 0.591. The molecule has 3 aromatic carbocycles. The fraction of sp³-hybridized carbons (Fsp3) is 0.100. The van der Waals surface area contributed by atoms with Crippen molar-refractivity contribution >= 4 is 11.6 Å². The molecule has 22 heavy (non-hydrogen) atoms. The van der Waals surface area contributed by atoms with Crippen molar-refractivity contribution in [3.05, 3.63) is 89.5 Å². The summed E-state index contributed by atoms with van der Waals surface area (Å²) in [6.45, 7) is 0. The first-order chi connectivity index (χ1) is 10.7. The average Bonchev–Trinajstić information content (AvgIpc) is 2.86. The Kier molecular flexibility index (Phi) is 2.98. The molecule has 0 radical (unpaired) electrons. The summed E-state index contributed by atoms with van der Waals surface area (Å²) in [4.78, 5) is -0.639. The van der Waals surface area contributed by atoms with Gasteiger partial charge in [-0.3, -0.25) is 0 Å². The van der Waals surface area contributed by atoms with E-state index >= 15 is 0 Å². The van der Waals surface area contributed by atoms with Crippen LogP contribution in [0.2, 0.25) is 0 Å². The Morgan fingerprint density at radius 2 is 1.23 bits per heavy atom. The number of methoxy groups -OCH3 is 1. The first-order valence-electron chi connectivity index (χ1n) is 7.28. The topological polar surface area (TPSA) is 9.23 Å². The Morgan fingerprint density at radius 3 is 1.73 bits per heavy atom. The van der Waals surface area contributed by atoms with Gasteiger partial charge in [0.2, 0.25) is 0 Å². The molecule has 1 aliphatic rings. The molecule has 1 aliphatic carbocycles. The van der Waals surface area contributed by atoms with E-state index in [1.54, 1.807) is 7.11 Å². The zero-order valence-electron chi connectivity index (χ0n) is 12.2. The van der Waals surface area contributed by atoms with E-state index in [1.807, 2.05) is 36.4 Å². The Labute approximate surface area is 135 Å². The molecular weight excluding hydrogens is 292 g/mol. The van der Waals surface area contributed by atoms with Crippen LogP contribution in [0.15, 0.2) is 72.8 Å². The maximum atomic E-state index is 7.21. The molecule has 0 amide bonds. The van der Waals surface area contributed by atoms with Crippen molar-refractivity contribution in [3.8, 4) is 16.9 Å². The van der Waals surface area contributed by atoms with Crippen molar-refractivity contribution in [1.82, 2.24) is 0 Å². The first kappa shape index (κ1) is 13.4. The lowest BCUT2D eigenvalue weighted by Crippen LogP contribution is -2.19. The Balaban J connectivity index is 2.00. The second-order valence-electron chi connectivity index (χ2n) is 5.48. The number of fused-ring (bicyclic) bond motifs is 3. The molecule has 0 saturated carbocycles. The number of rotatable bonds is 2. The van der Waals surface area contributed by atoms with E-state index in [1.165, 1.54) is 11.1 Å². The lowest BCUT2D eigenvalue weighted by atomic mass is 9.88. The van der Waals surface area contributed by atoms with Crippen molar-refractivity contribution < 1.29 is 4.74 Å². The SMILES string of the molecule is COc1ccc(C2(Cl)c3ccccc3-c3ccccc32)cc1. The Bertz CT molecular complexity index is 791. The van der Waals surface area contributed by atoms with E-state index in [9.17, 15) is 0 Å². The average molecular weight is 307 g/mol. The summed E-state index contributed by atoms with van der Waals surface area (Å²) in [5, 5.41) is 0. The third-order valence-corrected chi connectivity index (χ3v) is 5.00. The summed E-state index contributed by atoms with van der Waals surface area (Å²) in [5.41, 5.74) is 5.77. The molecule has 0 spiro atoms. The normalized spacial score (nSPS) is 14.3. The molecule has 1 nitrogen and oxygen atoms in total. The van der Waals surface area contributed by atoms with Crippen LogP contribution in [0.1, 0.15) is 16.7 Å². The van der Waals surface area contributed by atoms with Crippen molar-refractivity contribution in [2.45, 2.75) is 4.87 Å². The van der Waals surface area contributed by atoms with Gasteiger partial charge in [-0.15, -0.1) is 11.6 Å². The van der Waals surface area contributed by atoms with Crippen molar-refractivity contribution in [1.29, 1.82) is 0 Å². The summed E-state index contributed by atoms with van der Waals surface area (Å²) in [6, 6.07) is 24.7. The maximum Gasteiger partial charge on any atom is 0.121 e. The number of ether oxygens (including phenoxy) is 1. The van der Waals surface area contributed by atoms with Gasteiger partial charge in [-0.1, -0.05) is 60.7 Å². The van der Waals surface area contributed by atoms with Crippen LogP contribution in [0, 0.1) is 0 Å². The molecule has 0 fully saturated rings. The Hall–Kier alpha value is -2.25. The molecule has 3 aromatic rings. The molecule has 0 saturated heterocycles. The first-order valence-corrected chi connectivity index (χ1v) is 7.66. The highest BCUT2D eigenvalue weighted by molar-refractivity contribution is 6.30. The molecule has 0 atom stereocenters. The fourth-order valence-electron chi connectivity index (χ4n) is 3.31. The van der Waals surface area contributed by atoms with Crippen LogP contribution >= 0.6 is 11.6 Å². The predicted octanol–water partition coefficient (Wildman–Crippen LogP) is 5.21. The second kappa shape index (κ2) is 4.89. The summed E-state index contributed by atoms with van der Waals surface area (Å²) >= 11 is 7.21. The maximum absolute atomic E-state index is 7.21. The summed E-state index contributed by atoms with van der Waals surface area (Å²) in [5.74, 6) is 0.837. The van der Waals surface area contributed by atoms with Gasteiger partial charge >= 0.3 is 0 Å². The minimum atomic E-state index is -0.639. The lowest BCUT2D eigenvalue weighted by molar-refractivity contribution is 0.414. The van der Waals surface area contributed by atoms with Crippen LogP contribution in [-0.2, 0) is 4.87 Å². The third kappa shape index (κ3) is 1.72. The monoisotopic (exact) mass is 306 g/mol. The molecule has 0 aliphatic heterocycles. The number of hydrogen-bond acceptors (Lipinski definition) is 1. The summed E-state index contributed by atoms with van der Waals surface area (Å²) in [6.07, 6.45) is 0. The lowest BCUT2D eigenvalue weighted by Gasteiger charge is -2.25. The van der Waals surface area contributed by atoms with Gasteiger partial charge in [0.15, 0.2) is 0 Å². The van der Waals surface area contributed by atoms with Crippen LogP contribution in [0.3, 0.4) is 0 Å². The van der Waals surface area contributed by atoms with E-state index < -0.39 is 4.87 Å². The number of hydrogen-bond donors (Lipinski definition) is 0. The van der Waals surface area contributed by atoms with Gasteiger partial charge in [-0.25, -0.2) is 0 Å². The predicted molar refractivity (Wildman–Crippen MR) is 90.6 cm³/mol. The van der Waals surface area contributed by atoms with E-state index in [0.29, 0.717) is 0 Å². The van der Waals surface area contributed by atoms with Crippen LogP contribution in [0.4, 0.5) is 0 Å². The van der Waals surface area contributed by atoms with Crippen LogP contribution in [0.25, 0.3) is 11.1 Å². The molecule has 108 valence electrons. The van der Waals surface area contributed by atoms with Crippen molar-refractivity contribution in [3.63, 3.8) is 0 Å². The zero-order valence-corrected chi connectivity index (χ0v) is 13.0. The molecule has 0 N–H and O–H groups in total. The number of benzene rings is 3. The van der Waals surface area contributed by atoms with E-state index in [2.05, 4.69) is 36.4 Å². The third-order valence-electron chi connectivity index (χ3n) is 4.37. The highest BCUT2D eigenvalue weighted by atomic mass is 35.5. The van der Waals surface area contributed by atoms with Gasteiger partial charge in [0.1, 0.15) is 10.6 Å². The standard InChI is InChI=1S/C20H15ClO/c1-22-15-12-10-14(11-13-15)20(21)18-8-4-2-6-16(18)17-7-3-5-9-19(17)20/h2-13H,1H3. The van der Waals surface area contributed by atoms with Gasteiger partial charge in [-0.2, -0.15) is 0 Å². The minimum Gasteiger partial charge on any atom is -0.497 e. The van der Waals surface area contributed by atoms with Gasteiger partial charge in [-0.05, 0) is 39.9 Å². The molecule has 4 rings (SSSR count). The second-order valence-corrected chi connectivity index (χ2v) is 6.05. The van der Waals surface area contributed by atoms with Crippen LogP contribution in [-0.4, -0.2) is 7.11 Å². The summed E-state index contributed by atoms with van der Waals surface area (Å²) < 4.78 is 5.26. The van der Waals surface area contributed by atoms with Gasteiger partial charge in [0, 0.05) is 0 Å². The highest BCUT2D eigenvalue weighted by Gasteiger charge is 2.42. The van der Waals surface area contributed by atoms with Gasteiger partial charge < -0.3 is 4.74 Å². The van der Waals surface area contributed by atoms with E-state index in [-0.39, 0.29) is 0 Å². The highest BCUT2D eigenvalue weighted by Crippen LogP contribution is 2.54. The van der Waals surface area contributed by atoms with Crippen LogP contribution < -0.4 is 4.74 Å². The van der Waals surface area contributed by atoms with Crippen molar-refractivity contribution in [2.75, 3.05) is 7.11 Å². The Morgan fingerprint density at radius 1 is 0.727 bits per heavy atom. The summed E-state index contributed by atoms with van der Waals surface area (Å²) in [7, 11) is 1.67. The van der Waals surface area contributed by atoms with Crippen molar-refractivity contribution in [2.24, 2.45) is 0 Å². The molecule has 0 bridgehead atoms. The fourth-order valence-corrected chi connectivity index (χ4v) is 3.77. The van der Waals surface area contributed by atoms with E-state index in [4.69, 9.17) is 16.3 Å². The zero-order chi connectivity index (χ0) is 15.2. The smallest absolute Gasteiger partial charge is 0.121 e. The molecular formula is C20H15ClO. The molecule has 0 unspecified atom stereocenters. The molecule has 0 aromatic heterocycles. The van der Waals surface area contributed by atoms with E-state index in [0.717, 1.165) is 22.4 Å². The van der Waals surface area contributed by atoms with Crippen LogP contribution in [0.5, 0.6) is 5.75 Å². The minimum absolute atomic E-state index is 0.639. The van der Waals surface area contributed by atoms with Gasteiger partial charge in [0.05, 0.1) is 7.11 Å².